The normalized spacial score (nSPS) is 15.7. The van der Waals surface area contributed by atoms with Crippen LogP contribution in [0.5, 0.6) is 0 Å². The Labute approximate surface area is 218 Å². The van der Waals surface area contributed by atoms with Crippen LogP contribution >= 0.6 is 0 Å². The number of nitrogens with two attached hydrogens (primary N) is 1. The number of hydrogen-bond acceptors (Lipinski definition) is 2. The summed E-state index contributed by atoms with van der Waals surface area (Å²) in [4.78, 5) is 0. The maximum absolute atomic E-state index is 6.23. The Kier molecular flexibility index (Phi) is 4.81. The van der Waals surface area contributed by atoms with E-state index in [4.69, 9.17) is 5.73 Å². The highest BCUT2D eigenvalue weighted by molar-refractivity contribution is 6.14. The number of allylic oxidation sites excluding steroid dienone is 4. The van der Waals surface area contributed by atoms with Gasteiger partial charge in [0.05, 0.1) is 5.69 Å². The summed E-state index contributed by atoms with van der Waals surface area (Å²) in [6.45, 7) is 4.74. The van der Waals surface area contributed by atoms with Crippen LogP contribution in [-0.4, -0.2) is 0 Å². The van der Waals surface area contributed by atoms with Crippen molar-refractivity contribution in [1.82, 2.24) is 0 Å². The minimum atomic E-state index is -0.00363. The van der Waals surface area contributed by atoms with Crippen molar-refractivity contribution < 1.29 is 0 Å². The number of nitrogens with one attached hydrogen (secondary N) is 1. The SMILES string of the molecule is CC1(C)C2=C(CCC=C2)c2cc3cc4cc(N)ccc4c(Nc4cccc(-c5ccccc5)c4)c3cc21. The van der Waals surface area contributed by atoms with E-state index in [1.807, 2.05) is 6.07 Å². The molecule has 0 spiro atoms. The third-order valence-electron chi connectivity index (χ3n) is 8.20. The number of fused-ring (bicyclic) bond motifs is 4. The van der Waals surface area contributed by atoms with Crippen molar-refractivity contribution in [3.05, 3.63) is 120 Å². The number of rotatable bonds is 3. The zero-order valence-corrected chi connectivity index (χ0v) is 21.3. The molecule has 0 radical (unpaired) electrons. The molecule has 5 aromatic carbocycles. The number of hydrogen-bond donors (Lipinski definition) is 2. The molecule has 2 aliphatic carbocycles. The molecule has 7 rings (SSSR count). The number of anilines is 3. The van der Waals surface area contributed by atoms with Crippen LogP contribution in [0.4, 0.5) is 17.1 Å². The molecule has 2 aliphatic rings. The van der Waals surface area contributed by atoms with Crippen LogP contribution in [0.15, 0.2) is 109 Å². The summed E-state index contributed by atoms with van der Waals surface area (Å²) in [6.07, 6.45) is 6.92. The summed E-state index contributed by atoms with van der Waals surface area (Å²) in [6, 6.07) is 32.6. The van der Waals surface area contributed by atoms with Crippen LogP contribution in [0.25, 0.3) is 38.2 Å². The smallest absolute Gasteiger partial charge is 0.0543 e. The van der Waals surface area contributed by atoms with Gasteiger partial charge in [0.2, 0.25) is 0 Å². The van der Waals surface area contributed by atoms with Crippen LogP contribution in [0.1, 0.15) is 37.8 Å². The van der Waals surface area contributed by atoms with E-state index in [1.54, 1.807) is 0 Å². The second-order valence-electron chi connectivity index (χ2n) is 10.9. The van der Waals surface area contributed by atoms with E-state index in [1.165, 1.54) is 49.6 Å². The average molecular weight is 479 g/mol. The average Bonchev–Trinajstić information content (AvgIpc) is 3.14. The van der Waals surface area contributed by atoms with Crippen LogP contribution < -0.4 is 11.1 Å². The molecule has 2 heteroatoms. The molecule has 0 heterocycles. The van der Waals surface area contributed by atoms with Crippen molar-refractivity contribution in [1.29, 1.82) is 0 Å². The van der Waals surface area contributed by atoms with Crippen LogP contribution in [0.2, 0.25) is 0 Å². The van der Waals surface area contributed by atoms with Crippen molar-refractivity contribution in [3.8, 4) is 11.1 Å². The molecule has 0 atom stereocenters. The topological polar surface area (TPSA) is 38.0 Å². The van der Waals surface area contributed by atoms with E-state index >= 15 is 0 Å². The minimum Gasteiger partial charge on any atom is -0.399 e. The number of nitrogen functional groups attached to an aromatic ring is 1. The highest BCUT2D eigenvalue weighted by Crippen LogP contribution is 2.52. The van der Waals surface area contributed by atoms with E-state index < -0.39 is 0 Å². The molecular weight excluding hydrogens is 448 g/mol. The largest absolute Gasteiger partial charge is 0.399 e. The molecule has 3 N–H and O–H groups in total. The van der Waals surface area contributed by atoms with Crippen molar-refractivity contribution in [2.75, 3.05) is 11.1 Å². The first-order valence-corrected chi connectivity index (χ1v) is 13.1. The van der Waals surface area contributed by atoms with Gasteiger partial charge in [0, 0.05) is 27.6 Å². The maximum atomic E-state index is 6.23. The van der Waals surface area contributed by atoms with Gasteiger partial charge in [-0.3, -0.25) is 0 Å². The quantitative estimate of drug-likeness (QED) is 0.200. The Hall–Kier alpha value is -4.30. The van der Waals surface area contributed by atoms with E-state index in [2.05, 4.69) is 116 Å². The summed E-state index contributed by atoms with van der Waals surface area (Å²) in [7, 11) is 0. The van der Waals surface area contributed by atoms with Crippen molar-refractivity contribution in [3.63, 3.8) is 0 Å². The first-order valence-electron chi connectivity index (χ1n) is 13.1. The highest BCUT2D eigenvalue weighted by Gasteiger charge is 2.37. The lowest BCUT2D eigenvalue weighted by atomic mass is 9.79. The third kappa shape index (κ3) is 3.48. The summed E-state index contributed by atoms with van der Waals surface area (Å²) in [5.74, 6) is 0. The molecule has 0 aliphatic heterocycles. The van der Waals surface area contributed by atoms with Gasteiger partial charge in [0.25, 0.3) is 0 Å². The molecule has 180 valence electrons. The molecular formula is C35H30N2. The Morgan fingerprint density at radius 1 is 0.757 bits per heavy atom. The first-order chi connectivity index (χ1) is 18.0. The van der Waals surface area contributed by atoms with E-state index in [0.29, 0.717) is 0 Å². The fourth-order valence-electron chi connectivity index (χ4n) is 6.32. The van der Waals surface area contributed by atoms with Gasteiger partial charge in [0.15, 0.2) is 0 Å². The van der Waals surface area contributed by atoms with E-state index in [0.717, 1.165) is 35.3 Å². The van der Waals surface area contributed by atoms with Crippen molar-refractivity contribution in [2.24, 2.45) is 0 Å². The van der Waals surface area contributed by atoms with Gasteiger partial charge in [-0.2, -0.15) is 0 Å². The second kappa shape index (κ2) is 8.11. The lowest BCUT2D eigenvalue weighted by Crippen LogP contribution is -2.16. The molecule has 2 nitrogen and oxygen atoms in total. The molecule has 0 unspecified atom stereocenters. The Balaban J connectivity index is 1.45. The fourth-order valence-corrected chi connectivity index (χ4v) is 6.32. The molecule has 0 bridgehead atoms. The lowest BCUT2D eigenvalue weighted by Gasteiger charge is -2.24. The molecule has 0 aromatic heterocycles. The zero-order valence-electron chi connectivity index (χ0n) is 21.3. The summed E-state index contributed by atoms with van der Waals surface area (Å²) < 4.78 is 0. The van der Waals surface area contributed by atoms with Gasteiger partial charge in [-0.1, -0.05) is 74.5 Å². The zero-order chi connectivity index (χ0) is 25.1. The van der Waals surface area contributed by atoms with Crippen LogP contribution in [0.3, 0.4) is 0 Å². The maximum Gasteiger partial charge on any atom is 0.0543 e. The van der Waals surface area contributed by atoms with Gasteiger partial charge in [-0.15, -0.1) is 0 Å². The van der Waals surface area contributed by atoms with Gasteiger partial charge in [-0.25, -0.2) is 0 Å². The van der Waals surface area contributed by atoms with E-state index in [-0.39, 0.29) is 5.41 Å². The molecule has 37 heavy (non-hydrogen) atoms. The number of benzene rings is 5. The Bertz CT molecular complexity index is 1770. The van der Waals surface area contributed by atoms with E-state index in [9.17, 15) is 0 Å². The van der Waals surface area contributed by atoms with Crippen LogP contribution in [-0.2, 0) is 5.41 Å². The Morgan fingerprint density at radius 3 is 2.43 bits per heavy atom. The van der Waals surface area contributed by atoms with Crippen LogP contribution in [0, 0.1) is 0 Å². The van der Waals surface area contributed by atoms with Gasteiger partial charge >= 0.3 is 0 Å². The summed E-state index contributed by atoms with van der Waals surface area (Å²) in [5.41, 5.74) is 17.5. The Morgan fingerprint density at radius 2 is 1.57 bits per heavy atom. The standard InChI is InChI=1S/C35H30N2/c1-35(2)32-14-7-6-13-29(32)31-20-25-17-24-18-26(36)15-16-28(24)34(30(25)21-33(31)35)37-27-12-8-11-23(19-27)22-9-4-3-5-10-22/h3-5,7-12,14-21,37H,6,13,36H2,1-2H3. The predicted molar refractivity (Wildman–Crippen MR) is 159 cm³/mol. The summed E-state index contributed by atoms with van der Waals surface area (Å²) in [5, 5.41) is 8.67. The van der Waals surface area contributed by atoms with Gasteiger partial charge in [-0.05, 0) is 99.5 Å². The minimum absolute atomic E-state index is 0.00363. The third-order valence-corrected chi connectivity index (χ3v) is 8.20. The van der Waals surface area contributed by atoms with Crippen molar-refractivity contribution in [2.45, 2.75) is 32.1 Å². The monoisotopic (exact) mass is 478 g/mol. The molecule has 0 fully saturated rings. The lowest BCUT2D eigenvalue weighted by molar-refractivity contribution is 0.652. The molecule has 5 aromatic rings. The van der Waals surface area contributed by atoms with Crippen molar-refractivity contribution >= 4 is 44.2 Å². The highest BCUT2D eigenvalue weighted by atomic mass is 14.9. The van der Waals surface area contributed by atoms with Gasteiger partial charge in [0.1, 0.15) is 0 Å². The molecule has 0 saturated carbocycles. The predicted octanol–water partition coefficient (Wildman–Crippen LogP) is 9.38. The molecule has 0 amide bonds. The fraction of sp³-hybridized carbons (Fsp3) is 0.143. The molecule has 0 saturated heterocycles. The summed E-state index contributed by atoms with van der Waals surface area (Å²) >= 11 is 0. The second-order valence-corrected chi connectivity index (χ2v) is 10.9. The first kappa shape index (κ1) is 21.9. The van der Waals surface area contributed by atoms with Gasteiger partial charge < -0.3 is 11.1 Å².